The van der Waals surface area contributed by atoms with Crippen LogP contribution in [0, 0.1) is 11.3 Å². The van der Waals surface area contributed by atoms with Crippen LogP contribution in [0.25, 0.3) is 28.6 Å². The van der Waals surface area contributed by atoms with Gasteiger partial charge in [0, 0.05) is 22.2 Å². The summed E-state index contributed by atoms with van der Waals surface area (Å²) in [5.74, 6) is 0.683. The average molecular weight is 436 g/mol. The minimum absolute atomic E-state index is 0.660. The fraction of sp³-hybridized carbons (Fsp3) is 0.214. The molecule has 0 N–H and O–H groups in total. The molecule has 2 aromatic carbocycles. The van der Waals surface area contributed by atoms with Gasteiger partial charge >= 0.3 is 0 Å². The summed E-state index contributed by atoms with van der Waals surface area (Å²) in [6, 6.07) is 25.4. The quantitative estimate of drug-likeness (QED) is 0.301. The number of rotatable bonds is 5. The minimum atomic E-state index is 0.660. The van der Waals surface area contributed by atoms with E-state index in [4.69, 9.17) is 5.10 Å². The van der Waals surface area contributed by atoms with Crippen LogP contribution in [0.5, 0.6) is 0 Å². The van der Waals surface area contributed by atoms with Crippen LogP contribution in [-0.2, 0) is 0 Å². The van der Waals surface area contributed by atoms with Crippen LogP contribution < -0.4 is 0 Å². The lowest BCUT2D eigenvalue weighted by molar-refractivity contribution is 0.443. The molecule has 0 atom stereocenters. The van der Waals surface area contributed by atoms with Crippen molar-refractivity contribution in [3.63, 3.8) is 0 Å². The van der Waals surface area contributed by atoms with Gasteiger partial charge in [-0.3, -0.25) is 0 Å². The molecule has 0 spiro atoms. The lowest BCUT2D eigenvalue weighted by Gasteiger charge is -2.22. The molecular formula is C28H25N3S. The predicted octanol–water partition coefficient (Wildman–Crippen LogP) is 7.71. The number of hydrogen-bond acceptors (Lipinski definition) is 3. The summed E-state index contributed by atoms with van der Waals surface area (Å²) in [6.07, 6.45) is 10.6. The summed E-state index contributed by atoms with van der Waals surface area (Å²) >= 11 is 1.58. The summed E-state index contributed by atoms with van der Waals surface area (Å²) in [5, 5.41) is 16.7. The van der Waals surface area contributed by atoms with E-state index in [1.807, 2.05) is 64.8 Å². The Morgan fingerprint density at radius 3 is 2.44 bits per heavy atom. The van der Waals surface area contributed by atoms with Crippen molar-refractivity contribution in [3.8, 4) is 23.0 Å². The number of aromatic nitrogens is 2. The van der Waals surface area contributed by atoms with Crippen molar-refractivity contribution >= 4 is 23.0 Å². The molecule has 2 aromatic heterocycles. The van der Waals surface area contributed by atoms with E-state index in [0.717, 1.165) is 27.4 Å². The number of allylic oxidation sites excluding steroid dienone is 1. The summed E-state index contributed by atoms with van der Waals surface area (Å²) in [7, 11) is 0. The third-order valence-electron chi connectivity index (χ3n) is 6.23. The van der Waals surface area contributed by atoms with Crippen molar-refractivity contribution in [3.05, 3.63) is 94.3 Å². The highest BCUT2D eigenvalue weighted by Crippen LogP contribution is 2.34. The highest BCUT2D eigenvalue weighted by molar-refractivity contribution is 7.11. The lowest BCUT2D eigenvalue weighted by atomic mass is 9.84. The van der Waals surface area contributed by atoms with E-state index < -0.39 is 0 Å². The van der Waals surface area contributed by atoms with Gasteiger partial charge in [0.25, 0.3) is 0 Å². The van der Waals surface area contributed by atoms with E-state index in [9.17, 15) is 5.26 Å². The first-order valence-corrected chi connectivity index (χ1v) is 12.1. The van der Waals surface area contributed by atoms with Crippen LogP contribution in [0.4, 0.5) is 0 Å². The van der Waals surface area contributed by atoms with Gasteiger partial charge < -0.3 is 0 Å². The second kappa shape index (κ2) is 9.38. The summed E-state index contributed by atoms with van der Waals surface area (Å²) < 4.78 is 1.90. The number of para-hydroxylation sites is 1. The van der Waals surface area contributed by atoms with Gasteiger partial charge in [0.15, 0.2) is 0 Å². The zero-order valence-corrected chi connectivity index (χ0v) is 18.8. The second-order valence-electron chi connectivity index (χ2n) is 8.32. The Morgan fingerprint density at radius 2 is 1.75 bits per heavy atom. The molecule has 0 unspecified atom stereocenters. The average Bonchev–Trinajstić information content (AvgIpc) is 3.54. The molecule has 158 valence electrons. The third-order valence-corrected chi connectivity index (χ3v) is 7.13. The molecule has 1 saturated carbocycles. The van der Waals surface area contributed by atoms with Crippen molar-refractivity contribution in [2.24, 2.45) is 0 Å². The number of hydrogen-bond donors (Lipinski definition) is 0. The molecule has 0 saturated heterocycles. The van der Waals surface area contributed by atoms with Crippen molar-refractivity contribution in [1.29, 1.82) is 5.26 Å². The first kappa shape index (κ1) is 20.5. The second-order valence-corrected chi connectivity index (χ2v) is 9.26. The van der Waals surface area contributed by atoms with Gasteiger partial charge in [-0.2, -0.15) is 10.4 Å². The smallest absolute Gasteiger partial charge is 0.101 e. The van der Waals surface area contributed by atoms with E-state index in [1.165, 1.54) is 37.7 Å². The first-order valence-electron chi connectivity index (χ1n) is 11.2. The van der Waals surface area contributed by atoms with Gasteiger partial charge in [-0.25, -0.2) is 4.68 Å². The molecule has 1 aliphatic rings. The Kier molecular flexibility index (Phi) is 6.00. The fourth-order valence-electron chi connectivity index (χ4n) is 4.53. The van der Waals surface area contributed by atoms with Crippen molar-refractivity contribution < 1.29 is 0 Å². The molecule has 0 radical (unpaired) electrons. The van der Waals surface area contributed by atoms with E-state index in [1.54, 1.807) is 11.3 Å². The van der Waals surface area contributed by atoms with E-state index >= 15 is 0 Å². The lowest BCUT2D eigenvalue weighted by Crippen LogP contribution is -2.04. The van der Waals surface area contributed by atoms with Crippen LogP contribution in [0.1, 0.15) is 54.0 Å². The Labute approximate surface area is 193 Å². The highest BCUT2D eigenvalue weighted by atomic mass is 32.1. The molecule has 4 aromatic rings. The normalized spacial score (nSPS) is 14.9. The van der Waals surface area contributed by atoms with Gasteiger partial charge in [-0.15, -0.1) is 11.3 Å². The maximum absolute atomic E-state index is 9.79. The molecule has 4 heteroatoms. The van der Waals surface area contributed by atoms with Gasteiger partial charge in [-0.1, -0.05) is 67.8 Å². The number of thiophene rings is 1. The van der Waals surface area contributed by atoms with E-state index in [2.05, 4.69) is 30.3 Å². The zero-order valence-electron chi connectivity index (χ0n) is 17.9. The monoisotopic (exact) mass is 435 g/mol. The molecule has 5 rings (SSSR count). The SMILES string of the molecule is N#C/C(=C\c1cn(-c2ccccc2)nc1-c1ccc(C2CCCCC2)cc1)c1cccs1. The maximum Gasteiger partial charge on any atom is 0.101 e. The summed E-state index contributed by atoms with van der Waals surface area (Å²) in [6.45, 7) is 0. The van der Waals surface area contributed by atoms with Crippen LogP contribution in [0.15, 0.2) is 78.3 Å². The van der Waals surface area contributed by atoms with Crippen LogP contribution in [-0.4, -0.2) is 9.78 Å². The Balaban J connectivity index is 1.56. The highest BCUT2D eigenvalue weighted by Gasteiger charge is 2.17. The molecule has 0 aliphatic heterocycles. The molecule has 1 fully saturated rings. The van der Waals surface area contributed by atoms with Gasteiger partial charge in [0.1, 0.15) is 6.07 Å². The van der Waals surface area contributed by atoms with Crippen molar-refractivity contribution in [2.75, 3.05) is 0 Å². The molecular weight excluding hydrogens is 410 g/mol. The van der Waals surface area contributed by atoms with E-state index in [0.29, 0.717) is 11.5 Å². The van der Waals surface area contributed by atoms with Crippen molar-refractivity contribution in [2.45, 2.75) is 38.0 Å². The van der Waals surface area contributed by atoms with Crippen LogP contribution >= 0.6 is 11.3 Å². The molecule has 3 nitrogen and oxygen atoms in total. The maximum atomic E-state index is 9.79. The molecule has 2 heterocycles. The topological polar surface area (TPSA) is 41.6 Å². The number of nitriles is 1. The summed E-state index contributed by atoms with van der Waals surface area (Å²) in [5.41, 5.74) is 6.02. The number of nitrogens with zero attached hydrogens (tertiary/aromatic N) is 3. The summed E-state index contributed by atoms with van der Waals surface area (Å²) in [4.78, 5) is 0.971. The molecule has 32 heavy (non-hydrogen) atoms. The van der Waals surface area contributed by atoms with E-state index in [-0.39, 0.29) is 0 Å². The Hall–Kier alpha value is -3.42. The largest absolute Gasteiger partial charge is 0.240 e. The molecule has 0 amide bonds. The fourth-order valence-corrected chi connectivity index (χ4v) is 5.22. The standard InChI is InChI=1S/C28H25N3S/c29-19-24(27-12-7-17-32-27)18-25-20-31(26-10-5-2-6-11-26)30-28(25)23-15-13-22(14-16-23)21-8-3-1-4-9-21/h2,5-7,10-18,20-21H,1,3-4,8-9H2/b24-18+. The molecule has 1 aliphatic carbocycles. The Bertz CT molecular complexity index is 1240. The zero-order chi connectivity index (χ0) is 21.8. The van der Waals surface area contributed by atoms with Gasteiger partial charge in [0.2, 0.25) is 0 Å². The third kappa shape index (κ3) is 4.30. The Morgan fingerprint density at radius 1 is 0.969 bits per heavy atom. The van der Waals surface area contributed by atoms with Gasteiger partial charge in [-0.05, 0) is 54.0 Å². The van der Waals surface area contributed by atoms with Crippen molar-refractivity contribution in [1.82, 2.24) is 9.78 Å². The number of benzene rings is 2. The van der Waals surface area contributed by atoms with Crippen LogP contribution in [0.3, 0.4) is 0 Å². The first-order chi connectivity index (χ1) is 15.8. The van der Waals surface area contributed by atoms with Gasteiger partial charge in [0.05, 0.1) is 17.0 Å². The predicted molar refractivity (Wildman–Crippen MR) is 133 cm³/mol. The minimum Gasteiger partial charge on any atom is -0.240 e. The van der Waals surface area contributed by atoms with Crippen LogP contribution in [0.2, 0.25) is 0 Å². The molecule has 0 bridgehead atoms.